The minimum Gasteiger partial charge on any atom is -0.465 e. The number of carbonyl (C=O) groups excluding carboxylic acids is 2. The van der Waals surface area contributed by atoms with Gasteiger partial charge in [-0.15, -0.1) is 10.2 Å². The Labute approximate surface area is 154 Å². The second-order valence-electron chi connectivity index (χ2n) is 5.57. The van der Waals surface area contributed by atoms with Crippen LogP contribution in [0.3, 0.4) is 0 Å². The Balaban J connectivity index is 1.62. The molecule has 0 radical (unpaired) electrons. The number of hydrogen-bond acceptors (Lipinski definition) is 6. The average molecular weight is 369 g/mol. The van der Waals surface area contributed by atoms with Crippen LogP contribution in [0.2, 0.25) is 0 Å². The summed E-state index contributed by atoms with van der Waals surface area (Å²) in [5.41, 5.74) is 0.813. The highest BCUT2D eigenvalue weighted by Crippen LogP contribution is 2.21. The maximum Gasteiger partial charge on any atom is 0.339 e. The largest absolute Gasteiger partial charge is 0.465 e. The summed E-state index contributed by atoms with van der Waals surface area (Å²) in [6, 6.07) is 12.6. The molecule has 0 aliphatic heterocycles. The first-order valence-electron chi connectivity index (χ1n) is 8.13. The van der Waals surface area contributed by atoms with Gasteiger partial charge in [0.2, 0.25) is 11.8 Å². The number of rotatable bonds is 6. The third kappa shape index (κ3) is 4.35. The monoisotopic (exact) mass is 369 g/mol. The molecule has 0 saturated heterocycles. The number of anilines is 1. The number of ether oxygens (including phenoxy) is 1. The molecular formula is C19H16FN3O4. The van der Waals surface area contributed by atoms with Crippen LogP contribution in [0.1, 0.15) is 22.7 Å². The molecule has 1 aromatic heterocycles. The molecule has 0 bridgehead atoms. The normalized spacial score (nSPS) is 10.4. The first-order valence-corrected chi connectivity index (χ1v) is 8.13. The fraction of sp³-hybridized carbons (Fsp3) is 0.158. The van der Waals surface area contributed by atoms with Gasteiger partial charge in [-0.25, -0.2) is 9.18 Å². The van der Waals surface area contributed by atoms with Crippen molar-refractivity contribution in [2.45, 2.75) is 12.8 Å². The molecule has 1 heterocycles. The summed E-state index contributed by atoms with van der Waals surface area (Å²) in [6.07, 6.45) is 0.224. The van der Waals surface area contributed by atoms with Gasteiger partial charge in [0.25, 0.3) is 5.89 Å². The number of nitrogens with one attached hydrogen (secondary N) is 1. The van der Waals surface area contributed by atoms with Crippen molar-refractivity contribution in [3.8, 4) is 11.5 Å². The average Bonchev–Trinajstić information content (AvgIpc) is 3.15. The number of para-hydroxylation sites is 1. The van der Waals surface area contributed by atoms with Crippen LogP contribution in [0, 0.1) is 5.82 Å². The highest BCUT2D eigenvalue weighted by molar-refractivity contribution is 6.01. The smallest absolute Gasteiger partial charge is 0.339 e. The topological polar surface area (TPSA) is 94.3 Å². The van der Waals surface area contributed by atoms with Crippen LogP contribution >= 0.6 is 0 Å². The number of aryl methyl sites for hydroxylation is 1. The van der Waals surface area contributed by atoms with Gasteiger partial charge < -0.3 is 14.5 Å². The van der Waals surface area contributed by atoms with Crippen LogP contribution in [0.5, 0.6) is 0 Å². The molecule has 0 aliphatic carbocycles. The number of nitrogens with zero attached hydrogens (tertiary/aromatic N) is 2. The molecule has 0 saturated carbocycles. The third-order valence-electron chi connectivity index (χ3n) is 3.74. The highest BCUT2D eigenvalue weighted by atomic mass is 19.1. The molecule has 0 spiro atoms. The Bertz CT molecular complexity index is 971. The first kappa shape index (κ1) is 18.2. The van der Waals surface area contributed by atoms with Gasteiger partial charge in [0.15, 0.2) is 0 Å². The third-order valence-corrected chi connectivity index (χ3v) is 3.74. The van der Waals surface area contributed by atoms with Crippen molar-refractivity contribution in [2.75, 3.05) is 12.4 Å². The number of halogens is 1. The molecule has 0 unspecified atom stereocenters. The fourth-order valence-electron chi connectivity index (χ4n) is 2.41. The second-order valence-corrected chi connectivity index (χ2v) is 5.57. The number of esters is 1. The summed E-state index contributed by atoms with van der Waals surface area (Å²) in [5.74, 6) is -1.08. The van der Waals surface area contributed by atoms with Crippen molar-refractivity contribution in [3.63, 3.8) is 0 Å². The highest BCUT2D eigenvalue weighted by Gasteiger charge is 2.15. The second kappa shape index (κ2) is 8.22. The van der Waals surface area contributed by atoms with Gasteiger partial charge in [-0.1, -0.05) is 24.3 Å². The van der Waals surface area contributed by atoms with Gasteiger partial charge in [-0.2, -0.15) is 0 Å². The lowest BCUT2D eigenvalue weighted by Gasteiger charge is -2.08. The number of benzene rings is 2. The van der Waals surface area contributed by atoms with Crippen molar-refractivity contribution in [3.05, 3.63) is 65.8 Å². The molecule has 3 rings (SSSR count). The molecule has 1 N–H and O–H groups in total. The first-order chi connectivity index (χ1) is 13.1. The van der Waals surface area contributed by atoms with E-state index >= 15 is 0 Å². The van der Waals surface area contributed by atoms with E-state index < -0.39 is 11.8 Å². The molecule has 138 valence electrons. The van der Waals surface area contributed by atoms with E-state index in [1.807, 2.05) is 0 Å². The SMILES string of the molecule is COC(=O)c1ccccc1NC(=O)CCc1nnc(-c2ccccc2F)o1. The molecule has 7 nitrogen and oxygen atoms in total. The zero-order valence-corrected chi connectivity index (χ0v) is 14.4. The van der Waals surface area contributed by atoms with E-state index in [9.17, 15) is 14.0 Å². The summed E-state index contributed by atoms with van der Waals surface area (Å²) in [4.78, 5) is 23.9. The summed E-state index contributed by atoms with van der Waals surface area (Å²) in [6.45, 7) is 0. The molecule has 1 amide bonds. The van der Waals surface area contributed by atoms with Crippen molar-refractivity contribution in [1.82, 2.24) is 10.2 Å². The lowest BCUT2D eigenvalue weighted by atomic mass is 10.1. The van der Waals surface area contributed by atoms with Crippen molar-refractivity contribution in [2.24, 2.45) is 0 Å². The molecule has 0 atom stereocenters. The Morgan fingerprint density at radius 1 is 1.11 bits per heavy atom. The Morgan fingerprint density at radius 3 is 2.63 bits per heavy atom. The van der Waals surface area contributed by atoms with E-state index in [0.717, 1.165) is 0 Å². The van der Waals surface area contributed by atoms with Gasteiger partial charge >= 0.3 is 5.97 Å². The van der Waals surface area contributed by atoms with Crippen LogP contribution in [0.25, 0.3) is 11.5 Å². The molecule has 2 aromatic carbocycles. The maximum absolute atomic E-state index is 13.7. The molecule has 3 aromatic rings. The zero-order valence-electron chi connectivity index (χ0n) is 14.4. The van der Waals surface area contributed by atoms with E-state index in [1.54, 1.807) is 36.4 Å². The minimum atomic E-state index is -0.544. The van der Waals surface area contributed by atoms with Crippen molar-refractivity contribution in [1.29, 1.82) is 0 Å². The summed E-state index contributed by atoms with van der Waals surface area (Å²) in [7, 11) is 1.27. The number of methoxy groups -OCH3 is 1. The van der Waals surface area contributed by atoms with E-state index in [4.69, 9.17) is 4.42 Å². The number of carbonyl (C=O) groups is 2. The van der Waals surface area contributed by atoms with E-state index in [1.165, 1.54) is 19.2 Å². The zero-order chi connectivity index (χ0) is 19.2. The van der Waals surface area contributed by atoms with Gasteiger partial charge in [-0.3, -0.25) is 4.79 Å². The molecule has 0 aliphatic rings. The lowest BCUT2D eigenvalue weighted by molar-refractivity contribution is -0.116. The predicted octanol–water partition coefficient (Wildman–Crippen LogP) is 3.23. The van der Waals surface area contributed by atoms with Crippen LogP contribution in [-0.4, -0.2) is 29.2 Å². The molecule has 8 heteroatoms. The Kier molecular flexibility index (Phi) is 5.55. The number of aromatic nitrogens is 2. The van der Waals surface area contributed by atoms with Gasteiger partial charge in [-0.05, 0) is 24.3 Å². The summed E-state index contributed by atoms with van der Waals surface area (Å²) in [5, 5.41) is 10.3. The van der Waals surface area contributed by atoms with Crippen molar-refractivity contribution >= 4 is 17.6 Å². The summed E-state index contributed by atoms with van der Waals surface area (Å²) >= 11 is 0. The predicted molar refractivity (Wildman–Crippen MR) is 94.4 cm³/mol. The lowest BCUT2D eigenvalue weighted by Crippen LogP contribution is -2.15. The number of amides is 1. The van der Waals surface area contributed by atoms with Crippen LogP contribution in [0.4, 0.5) is 10.1 Å². The molecular weight excluding hydrogens is 353 g/mol. The Morgan fingerprint density at radius 2 is 1.85 bits per heavy atom. The van der Waals surface area contributed by atoms with Crippen molar-refractivity contribution < 1.29 is 23.1 Å². The fourth-order valence-corrected chi connectivity index (χ4v) is 2.41. The minimum absolute atomic E-state index is 0.0500. The number of hydrogen-bond donors (Lipinski definition) is 1. The van der Waals surface area contributed by atoms with Gasteiger partial charge in [0, 0.05) is 12.8 Å². The van der Waals surface area contributed by atoms with E-state index in [2.05, 4.69) is 20.3 Å². The van der Waals surface area contributed by atoms with Crippen LogP contribution in [-0.2, 0) is 16.0 Å². The van der Waals surface area contributed by atoms with Crippen LogP contribution in [0.15, 0.2) is 52.9 Å². The van der Waals surface area contributed by atoms with Crippen LogP contribution < -0.4 is 5.32 Å². The standard InChI is InChI=1S/C19H16FN3O4/c1-26-19(25)13-7-3-5-9-15(13)21-16(24)10-11-17-22-23-18(27-17)12-6-2-4-8-14(12)20/h2-9H,10-11H2,1H3,(H,21,24). The van der Waals surface area contributed by atoms with E-state index in [0.29, 0.717) is 5.69 Å². The van der Waals surface area contributed by atoms with Gasteiger partial charge in [0.1, 0.15) is 5.82 Å². The Hall–Kier alpha value is -3.55. The van der Waals surface area contributed by atoms with E-state index in [-0.39, 0.29) is 41.7 Å². The van der Waals surface area contributed by atoms with Gasteiger partial charge in [0.05, 0.1) is 23.9 Å². The molecule has 27 heavy (non-hydrogen) atoms. The molecule has 0 fully saturated rings. The maximum atomic E-state index is 13.7. The quantitative estimate of drug-likeness (QED) is 0.671. The summed E-state index contributed by atoms with van der Waals surface area (Å²) < 4.78 is 23.8.